The third-order valence-corrected chi connectivity index (χ3v) is 6.18. The fraction of sp³-hybridized carbons (Fsp3) is 0.292. The Bertz CT molecular complexity index is 1180. The molecular formula is C24H22Cl2N4O2. The zero-order valence-electron chi connectivity index (χ0n) is 17.5. The summed E-state index contributed by atoms with van der Waals surface area (Å²) >= 11 is 12.4. The lowest BCUT2D eigenvalue weighted by atomic mass is 10.1. The Labute approximate surface area is 196 Å². The lowest BCUT2D eigenvalue weighted by Crippen LogP contribution is -2.37. The number of rotatable bonds is 6. The van der Waals surface area contributed by atoms with Crippen molar-refractivity contribution in [3.8, 4) is 11.5 Å². The lowest BCUT2D eigenvalue weighted by Gasteiger charge is -2.24. The van der Waals surface area contributed by atoms with Gasteiger partial charge in [-0.05, 0) is 67.5 Å². The van der Waals surface area contributed by atoms with Crippen LogP contribution in [0.4, 0.5) is 0 Å². The predicted octanol–water partition coefficient (Wildman–Crippen LogP) is 5.65. The van der Waals surface area contributed by atoms with Gasteiger partial charge >= 0.3 is 0 Å². The molecule has 164 valence electrons. The van der Waals surface area contributed by atoms with E-state index in [1.54, 1.807) is 12.3 Å². The van der Waals surface area contributed by atoms with Crippen LogP contribution >= 0.6 is 23.2 Å². The fourth-order valence-electron chi connectivity index (χ4n) is 3.82. The van der Waals surface area contributed by atoms with Crippen molar-refractivity contribution in [2.45, 2.75) is 38.1 Å². The molecule has 2 aromatic carbocycles. The van der Waals surface area contributed by atoms with Gasteiger partial charge < -0.3 is 4.74 Å². The quantitative estimate of drug-likeness (QED) is 0.505. The van der Waals surface area contributed by atoms with Crippen LogP contribution in [-0.4, -0.2) is 28.7 Å². The van der Waals surface area contributed by atoms with Gasteiger partial charge in [0.05, 0.1) is 30.1 Å². The maximum absolute atomic E-state index is 6.35. The van der Waals surface area contributed by atoms with Gasteiger partial charge in [-0.2, -0.15) is 10.2 Å². The van der Waals surface area contributed by atoms with Crippen molar-refractivity contribution in [3.05, 3.63) is 81.1 Å². The van der Waals surface area contributed by atoms with Crippen molar-refractivity contribution in [1.29, 1.82) is 0 Å². The Hall–Kier alpha value is -2.67. The summed E-state index contributed by atoms with van der Waals surface area (Å²) in [7, 11) is 0. The van der Waals surface area contributed by atoms with E-state index >= 15 is 0 Å². The van der Waals surface area contributed by atoms with E-state index in [-0.39, 0.29) is 6.04 Å². The Kier molecular flexibility index (Phi) is 6.00. The van der Waals surface area contributed by atoms with E-state index < -0.39 is 0 Å². The number of hydrogen-bond donors (Lipinski definition) is 1. The van der Waals surface area contributed by atoms with E-state index in [4.69, 9.17) is 37.8 Å². The summed E-state index contributed by atoms with van der Waals surface area (Å²) in [6, 6.07) is 13.6. The highest BCUT2D eigenvalue weighted by molar-refractivity contribution is 6.35. The fourth-order valence-corrected chi connectivity index (χ4v) is 4.30. The summed E-state index contributed by atoms with van der Waals surface area (Å²) in [5, 5.41) is 9.51. The van der Waals surface area contributed by atoms with Crippen molar-refractivity contribution in [3.63, 3.8) is 0 Å². The number of aryl methyl sites for hydroxylation is 1. The minimum absolute atomic E-state index is 0.122. The summed E-state index contributed by atoms with van der Waals surface area (Å²) in [5.74, 6) is 2.55. The lowest BCUT2D eigenvalue weighted by molar-refractivity contribution is 0.0623. The maximum Gasteiger partial charge on any atom is 0.160 e. The van der Waals surface area contributed by atoms with Gasteiger partial charge in [0.15, 0.2) is 11.6 Å². The van der Waals surface area contributed by atoms with Crippen molar-refractivity contribution < 1.29 is 9.57 Å². The average molecular weight is 469 g/mol. The van der Waals surface area contributed by atoms with Crippen LogP contribution < -0.4 is 10.2 Å². The Morgan fingerprint density at radius 2 is 2.03 bits per heavy atom. The number of aromatic nitrogens is 2. The number of nitrogens with zero attached hydrogens (tertiary/aromatic N) is 3. The third kappa shape index (κ3) is 4.72. The molecule has 1 saturated carbocycles. The van der Waals surface area contributed by atoms with Gasteiger partial charge in [-0.15, -0.1) is 0 Å². The smallest absolute Gasteiger partial charge is 0.160 e. The minimum Gasteiger partial charge on any atom is -0.455 e. The first-order valence-corrected chi connectivity index (χ1v) is 11.3. The van der Waals surface area contributed by atoms with Crippen LogP contribution in [0.2, 0.25) is 10.0 Å². The van der Waals surface area contributed by atoms with E-state index in [2.05, 4.69) is 27.8 Å². The number of hydrogen-bond acceptors (Lipinski definition) is 6. The molecule has 1 N–H and O–H groups in total. The van der Waals surface area contributed by atoms with E-state index in [0.717, 1.165) is 16.9 Å². The maximum atomic E-state index is 6.35. The first-order chi connectivity index (χ1) is 15.6. The number of ether oxygens (including phenoxy) is 1. The summed E-state index contributed by atoms with van der Waals surface area (Å²) < 4.78 is 6.23. The molecule has 0 saturated heterocycles. The number of benzene rings is 2. The molecule has 6 nitrogen and oxygen atoms in total. The van der Waals surface area contributed by atoms with Crippen molar-refractivity contribution in [1.82, 2.24) is 15.7 Å². The monoisotopic (exact) mass is 468 g/mol. The third-order valence-electron chi connectivity index (χ3n) is 5.59. The summed E-state index contributed by atoms with van der Waals surface area (Å²) in [5.41, 5.74) is 6.62. The van der Waals surface area contributed by atoms with Crippen LogP contribution in [0.1, 0.15) is 41.1 Å². The van der Waals surface area contributed by atoms with Crippen LogP contribution in [-0.2, 0) is 11.3 Å². The number of amidine groups is 1. The van der Waals surface area contributed by atoms with Gasteiger partial charge in [-0.25, -0.2) is 5.48 Å². The molecule has 1 aromatic heterocycles. The Morgan fingerprint density at radius 1 is 1.16 bits per heavy atom. The van der Waals surface area contributed by atoms with Crippen molar-refractivity contribution >= 4 is 29.0 Å². The van der Waals surface area contributed by atoms with Crippen molar-refractivity contribution in [2.75, 3.05) is 6.61 Å². The first kappa shape index (κ1) is 21.2. The molecule has 0 spiro atoms. The van der Waals surface area contributed by atoms with E-state index in [1.165, 1.54) is 18.4 Å². The molecule has 1 aliphatic carbocycles. The zero-order chi connectivity index (χ0) is 22.1. The average Bonchev–Trinajstić information content (AvgIpc) is 3.62. The molecule has 0 bridgehead atoms. The van der Waals surface area contributed by atoms with Crippen LogP contribution in [0.5, 0.6) is 11.5 Å². The van der Waals surface area contributed by atoms with E-state index in [0.29, 0.717) is 46.3 Å². The van der Waals surface area contributed by atoms with E-state index in [9.17, 15) is 0 Å². The topological polar surface area (TPSA) is 68.6 Å². The number of halogens is 2. The number of aliphatic imine (C=N–C) groups is 1. The van der Waals surface area contributed by atoms with Gasteiger partial charge in [0.2, 0.25) is 0 Å². The van der Waals surface area contributed by atoms with Crippen LogP contribution in [0.15, 0.2) is 53.7 Å². The highest BCUT2D eigenvalue weighted by Crippen LogP contribution is 2.41. The van der Waals surface area contributed by atoms with Crippen LogP contribution in [0.3, 0.4) is 0 Å². The molecule has 0 amide bonds. The number of nitrogens with one attached hydrogen (secondary N) is 1. The Balaban J connectivity index is 1.42. The van der Waals surface area contributed by atoms with E-state index in [1.807, 2.05) is 31.2 Å². The highest BCUT2D eigenvalue weighted by atomic mass is 35.5. The summed E-state index contributed by atoms with van der Waals surface area (Å²) in [6.07, 6.45) is 4.71. The summed E-state index contributed by atoms with van der Waals surface area (Å²) in [4.78, 5) is 10.5. The molecule has 1 atom stereocenters. The summed E-state index contributed by atoms with van der Waals surface area (Å²) in [6.45, 7) is 2.29. The molecule has 0 radical (unpaired) electrons. The zero-order valence-corrected chi connectivity index (χ0v) is 19.0. The molecule has 0 unspecified atom stereocenters. The molecular weight excluding hydrogens is 447 g/mol. The molecule has 5 rings (SSSR count). The van der Waals surface area contributed by atoms with Gasteiger partial charge in [-0.3, -0.25) is 9.83 Å². The van der Waals surface area contributed by atoms with Crippen LogP contribution in [0.25, 0.3) is 0 Å². The molecule has 2 heterocycles. The predicted molar refractivity (Wildman–Crippen MR) is 125 cm³/mol. The van der Waals surface area contributed by atoms with Gasteiger partial charge in [-0.1, -0.05) is 41.4 Å². The second kappa shape index (κ2) is 9.06. The largest absolute Gasteiger partial charge is 0.455 e. The normalized spacial score (nSPS) is 18.1. The van der Waals surface area contributed by atoms with Gasteiger partial charge in [0.25, 0.3) is 0 Å². The minimum atomic E-state index is -0.122. The molecule has 1 fully saturated rings. The first-order valence-electron chi connectivity index (χ1n) is 10.6. The molecule has 1 aliphatic heterocycles. The number of hydroxylamine groups is 1. The van der Waals surface area contributed by atoms with Gasteiger partial charge in [0, 0.05) is 10.0 Å². The van der Waals surface area contributed by atoms with Crippen molar-refractivity contribution in [2.24, 2.45) is 4.99 Å². The Morgan fingerprint density at radius 3 is 2.84 bits per heavy atom. The van der Waals surface area contributed by atoms with Gasteiger partial charge in [0.1, 0.15) is 5.75 Å². The molecule has 2 aliphatic rings. The molecule has 3 aromatic rings. The van der Waals surface area contributed by atoms with Crippen LogP contribution in [0, 0.1) is 6.92 Å². The SMILES string of the molecule is Cc1nncc(Oc2cccc(C3CC3)c2)c1C1=N[C@H](Cc2ccc(Cl)cc2Cl)CON1. The molecule has 8 heteroatoms. The molecule has 32 heavy (non-hydrogen) atoms. The highest BCUT2D eigenvalue weighted by Gasteiger charge is 2.25. The standard InChI is InChI=1S/C24H22Cl2N4O2/c1-14-23(22(12-27-29-14)32-20-4-2-3-16(10-20)15-5-6-15)24-28-19(13-31-30-24)9-17-7-8-18(25)11-21(17)26/h2-4,7-8,10-12,15,19H,5-6,9,13H2,1H3,(H,28,30)/t19-/m1/s1. The second-order valence-electron chi connectivity index (χ2n) is 8.10. The second-order valence-corrected chi connectivity index (χ2v) is 8.95.